The summed E-state index contributed by atoms with van der Waals surface area (Å²) in [6.07, 6.45) is 3.76. The summed E-state index contributed by atoms with van der Waals surface area (Å²) in [6, 6.07) is 7.11. The second-order valence-electron chi connectivity index (χ2n) is 4.16. The molecule has 0 aliphatic carbocycles. The number of halogens is 1. The maximum atomic E-state index is 3.66. The summed E-state index contributed by atoms with van der Waals surface area (Å²) in [5, 5.41) is 3.66. The van der Waals surface area contributed by atoms with Gasteiger partial charge in [0, 0.05) is 15.4 Å². The van der Waals surface area contributed by atoms with Crippen LogP contribution in [0.25, 0.3) is 0 Å². The molecule has 2 rings (SSSR count). The van der Waals surface area contributed by atoms with Crippen LogP contribution in [0.2, 0.25) is 0 Å². The quantitative estimate of drug-likeness (QED) is 0.889. The summed E-state index contributed by atoms with van der Waals surface area (Å²) in [4.78, 5) is 1.44. The fraction of sp³-hybridized carbons (Fsp3) is 0.538. The van der Waals surface area contributed by atoms with Crippen LogP contribution in [0.5, 0.6) is 0 Å². The molecule has 16 heavy (non-hydrogen) atoms. The average molecular weight is 300 g/mol. The maximum Gasteiger partial charge on any atom is 0.0332 e. The molecule has 1 aromatic rings. The summed E-state index contributed by atoms with van der Waals surface area (Å²) < 4.78 is 1.25. The molecule has 0 saturated carbocycles. The van der Waals surface area contributed by atoms with E-state index in [4.69, 9.17) is 0 Å². The molecule has 0 spiro atoms. The van der Waals surface area contributed by atoms with E-state index in [2.05, 4.69) is 46.4 Å². The number of nitrogens with one attached hydrogen (secondary N) is 1. The lowest BCUT2D eigenvalue weighted by Crippen LogP contribution is -2.22. The van der Waals surface area contributed by atoms with Gasteiger partial charge in [0.25, 0.3) is 0 Å². The maximum absolute atomic E-state index is 3.66. The molecule has 1 heterocycles. The summed E-state index contributed by atoms with van der Waals surface area (Å²) in [5.41, 5.74) is 1.48. The highest BCUT2D eigenvalue weighted by atomic mass is 79.9. The van der Waals surface area contributed by atoms with Gasteiger partial charge in [-0.2, -0.15) is 0 Å². The van der Waals surface area contributed by atoms with Crippen LogP contribution >= 0.6 is 27.7 Å². The second kappa shape index (κ2) is 6.08. The van der Waals surface area contributed by atoms with Gasteiger partial charge in [0.2, 0.25) is 0 Å². The van der Waals surface area contributed by atoms with E-state index in [0.29, 0.717) is 6.04 Å². The van der Waals surface area contributed by atoms with Crippen LogP contribution < -0.4 is 5.32 Å². The second-order valence-corrected chi connectivity index (χ2v) is 6.12. The SMILES string of the molecule is CCCNC1CCCSc2c(Br)cccc21. The number of hydrogen-bond donors (Lipinski definition) is 1. The molecule has 1 aliphatic rings. The first kappa shape index (κ1) is 12.5. The Labute approximate surface area is 111 Å². The number of fused-ring (bicyclic) bond motifs is 1. The minimum atomic E-state index is 0.544. The average Bonchev–Trinajstić information content (AvgIpc) is 2.50. The number of rotatable bonds is 3. The van der Waals surface area contributed by atoms with Crippen molar-refractivity contribution in [3.8, 4) is 0 Å². The predicted molar refractivity (Wildman–Crippen MR) is 75.1 cm³/mol. The highest BCUT2D eigenvalue weighted by Crippen LogP contribution is 2.39. The predicted octanol–water partition coefficient (Wildman–Crippen LogP) is 4.38. The molecule has 1 nitrogen and oxygen atoms in total. The summed E-state index contributed by atoms with van der Waals surface area (Å²) >= 11 is 5.65. The van der Waals surface area contributed by atoms with Gasteiger partial charge in [0.15, 0.2) is 0 Å². The zero-order valence-corrected chi connectivity index (χ0v) is 12.0. The van der Waals surface area contributed by atoms with Gasteiger partial charge in [0.05, 0.1) is 0 Å². The normalized spacial score (nSPS) is 20.2. The Hall–Kier alpha value is 0.0100. The zero-order valence-electron chi connectivity index (χ0n) is 9.63. The van der Waals surface area contributed by atoms with E-state index in [0.717, 1.165) is 6.54 Å². The Kier molecular flexibility index (Phi) is 4.74. The van der Waals surface area contributed by atoms with Gasteiger partial charge in [-0.05, 0) is 59.1 Å². The summed E-state index contributed by atoms with van der Waals surface area (Å²) in [6.45, 7) is 3.33. The van der Waals surface area contributed by atoms with E-state index in [1.807, 2.05) is 11.8 Å². The lowest BCUT2D eigenvalue weighted by Gasteiger charge is -2.19. The van der Waals surface area contributed by atoms with Gasteiger partial charge >= 0.3 is 0 Å². The molecule has 1 unspecified atom stereocenters. The van der Waals surface area contributed by atoms with E-state index in [1.165, 1.54) is 39.9 Å². The highest BCUT2D eigenvalue weighted by Gasteiger charge is 2.19. The molecule has 1 atom stereocenters. The fourth-order valence-electron chi connectivity index (χ4n) is 2.10. The molecule has 0 bridgehead atoms. The minimum absolute atomic E-state index is 0.544. The van der Waals surface area contributed by atoms with E-state index >= 15 is 0 Å². The van der Waals surface area contributed by atoms with Crippen LogP contribution in [0.4, 0.5) is 0 Å². The molecule has 0 amide bonds. The first-order chi connectivity index (χ1) is 7.83. The van der Waals surface area contributed by atoms with Gasteiger partial charge < -0.3 is 5.32 Å². The molecular weight excluding hydrogens is 282 g/mol. The largest absolute Gasteiger partial charge is 0.310 e. The van der Waals surface area contributed by atoms with Crippen molar-refractivity contribution >= 4 is 27.7 Å². The van der Waals surface area contributed by atoms with Crippen molar-refractivity contribution in [2.24, 2.45) is 0 Å². The number of thioether (sulfide) groups is 1. The third-order valence-electron chi connectivity index (χ3n) is 2.90. The van der Waals surface area contributed by atoms with Crippen molar-refractivity contribution in [3.05, 3.63) is 28.2 Å². The molecule has 0 aromatic heterocycles. The van der Waals surface area contributed by atoms with Gasteiger partial charge in [-0.1, -0.05) is 19.1 Å². The van der Waals surface area contributed by atoms with Crippen LogP contribution in [0.3, 0.4) is 0 Å². The first-order valence-corrected chi connectivity index (χ1v) is 7.75. The van der Waals surface area contributed by atoms with Crippen molar-refractivity contribution in [3.63, 3.8) is 0 Å². The third kappa shape index (κ3) is 2.82. The monoisotopic (exact) mass is 299 g/mol. The van der Waals surface area contributed by atoms with Crippen LogP contribution in [0.15, 0.2) is 27.6 Å². The molecule has 1 aromatic carbocycles. The molecule has 3 heteroatoms. The van der Waals surface area contributed by atoms with Gasteiger partial charge in [-0.25, -0.2) is 0 Å². The minimum Gasteiger partial charge on any atom is -0.310 e. The van der Waals surface area contributed by atoms with Crippen LogP contribution in [0.1, 0.15) is 37.8 Å². The van der Waals surface area contributed by atoms with Crippen molar-refractivity contribution in [1.29, 1.82) is 0 Å². The summed E-state index contributed by atoms with van der Waals surface area (Å²) in [7, 11) is 0. The Morgan fingerprint density at radius 3 is 3.19 bits per heavy atom. The molecule has 1 aliphatic heterocycles. The van der Waals surface area contributed by atoms with E-state index in [1.54, 1.807) is 0 Å². The molecule has 88 valence electrons. The van der Waals surface area contributed by atoms with Crippen LogP contribution in [-0.4, -0.2) is 12.3 Å². The van der Waals surface area contributed by atoms with E-state index < -0.39 is 0 Å². The van der Waals surface area contributed by atoms with Gasteiger partial charge in [0.1, 0.15) is 0 Å². The lowest BCUT2D eigenvalue weighted by molar-refractivity contribution is 0.493. The van der Waals surface area contributed by atoms with Crippen molar-refractivity contribution in [1.82, 2.24) is 5.32 Å². The van der Waals surface area contributed by atoms with Crippen molar-refractivity contribution < 1.29 is 0 Å². The fourth-order valence-corrected chi connectivity index (χ4v) is 3.92. The Bertz CT molecular complexity index is 354. The Morgan fingerprint density at radius 2 is 2.38 bits per heavy atom. The topological polar surface area (TPSA) is 12.0 Å². The van der Waals surface area contributed by atoms with E-state index in [9.17, 15) is 0 Å². The third-order valence-corrected chi connectivity index (χ3v) is 5.06. The van der Waals surface area contributed by atoms with Gasteiger partial charge in [-0.15, -0.1) is 11.8 Å². The Morgan fingerprint density at radius 1 is 1.50 bits per heavy atom. The van der Waals surface area contributed by atoms with E-state index in [-0.39, 0.29) is 0 Å². The molecule has 1 N–H and O–H groups in total. The lowest BCUT2D eigenvalue weighted by atomic mass is 10.0. The number of benzene rings is 1. The first-order valence-electron chi connectivity index (χ1n) is 5.97. The summed E-state index contributed by atoms with van der Waals surface area (Å²) in [5.74, 6) is 1.24. The molecule has 0 saturated heterocycles. The smallest absolute Gasteiger partial charge is 0.0332 e. The van der Waals surface area contributed by atoms with Crippen LogP contribution in [-0.2, 0) is 0 Å². The van der Waals surface area contributed by atoms with Crippen molar-refractivity contribution in [2.45, 2.75) is 37.1 Å². The van der Waals surface area contributed by atoms with Crippen LogP contribution in [0, 0.1) is 0 Å². The molecule has 0 fully saturated rings. The zero-order chi connectivity index (χ0) is 11.4. The highest BCUT2D eigenvalue weighted by molar-refractivity contribution is 9.10. The van der Waals surface area contributed by atoms with Crippen molar-refractivity contribution in [2.75, 3.05) is 12.3 Å². The standard InChI is InChI=1S/C13H18BrNS/c1-2-8-15-12-7-4-9-16-13-10(12)5-3-6-11(13)14/h3,5-6,12,15H,2,4,7-9H2,1H3. The molecule has 0 radical (unpaired) electrons. The van der Waals surface area contributed by atoms with Gasteiger partial charge in [-0.3, -0.25) is 0 Å². The number of hydrogen-bond acceptors (Lipinski definition) is 2. The molecular formula is C13H18BrNS. The Balaban J connectivity index is 2.26.